The fourth-order valence-electron chi connectivity index (χ4n) is 4.51. The van der Waals surface area contributed by atoms with E-state index in [-0.39, 0.29) is 25.3 Å². The van der Waals surface area contributed by atoms with E-state index in [2.05, 4.69) is 6.08 Å². The van der Waals surface area contributed by atoms with Gasteiger partial charge in [0.25, 0.3) is 0 Å². The molecule has 1 heterocycles. The van der Waals surface area contributed by atoms with E-state index < -0.39 is 37.7 Å². The van der Waals surface area contributed by atoms with Crippen LogP contribution >= 0.6 is 7.82 Å². The van der Waals surface area contributed by atoms with Crippen molar-refractivity contribution in [3.8, 4) is 0 Å². The fourth-order valence-corrected chi connectivity index (χ4v) is 5.11. The highest BCUT2D eigenvalue weighted by Gasteiger charge is 2.40. The number of carbonyl (C=O) groups excluding carboxylic acids is 1. The lowest BCUT2D eigenvalue weighted by Crippen LogP contribution is -2.45. The number of hydrogen-bond donors (Lipinski definition) is 5. The second kappa shape index (κ2) is 14.2. The van der Waals surface area contributed by atoms with Crippen LogP contribution in [0.2, 0.25) is 0 Å². The molecule has 5 atom stereocenters. The number of phosphoric ester groups is 1. The maximum absolute atomic E-state index is 11.7. The number of esters is 1. The number of hydrogen-bond acceptors (Lipinski definition) is 7. The molecule has 2 rings (SSSR count). The summed E-state index contributed by atoms with van der Waals surface area (Å²) in [6.45, 7) is 1.91. The van der Waals surface area contributed by atoms with Crippen LogP contribution < -0.4 is 5.73 Å². The summed E-state index contributed by atoms with van der Waals surface area (Å²) in [5, 5.41) is 21.9. The van der Waals surface area contributed by atoms with Gasteiger partial charge in [-0.2, -0.15) is 0 Å². The molecule has 0 aromatic rings. The summed E-state index contributed by atoms with van der Waals surface area (Å²) in [4.78, 5) is 30.6. The Morgan fingerprint density at radius 3 is 2.60 bits per heavy atom. The number of carbonyl (C=O) groups is 1. The minimum atomic E-state index is -5.01. The van der Waals surface area contributed by atoms with Crippen LogP contribution in [0.15, 0.2) is 48.6 Å². The van der Waals surface area contributed by atoms with Crippen LogP contribution in [0.4, 0.5) is 0 Å². The largest absolute Gasteiger partial charge is 0.469 e. The van der Waals surface area contributed by atoms with E-state index in [4.69, 9.17) is 15.0 Å². The van der Waals surface area contributed by atoms with Gasteiger partial charge in [-0.15, -0.1) is 0 Å². The minimum Gasteiger partial charge on any atom is -0.454 e. The van der Waals surface area contributed by atoms with Gasteiger partial charge >= 0.3 is 13.8 Å². The molecule has 0 aromatic carbocycles. The van der Waals surface area contributed by atoms with E-state index >= 15 is 0 Å². The van der Waals surface area contributed by atoms with Crippen LogP contribution in [0.5, 0.6) is 0 Å². The summed E-state index contributed by atoms with van der Waals surface area (Å²) in [6, 6.07) is 0. The van der Waals surface area contributed by atoms with Crippen LogP contribution in [0.3, 0.4) is 0 Å². The van der Waals surface area contributed by atoms with Crippen LogP contribution in [0.1, 0.15) is 58.3 Å². The highest BCUT2D eigenvalue weighted by molar-refractivity contribution is 7.46. The van der Waals surface area contributed by atoms with Crippen molar-refractivity contribution in [2.45, 2.75) is 82.2 Å². The highest BCUT2D eigenvalue weighted by atomic mass is 31.2. The van der Waals surface area contributed by atoms with Crippen molar-refractivity contribution in [2.75, 3.05) is 6.54 Å². The van der Waals surface area contributed by atoms with Crippen LogP contribution in [0, 0.1) is 11.8 Å². The second-order valence-corrected chi connectivity index (χ2v) is 10.5. The second-order valence-electron chi connectivity index (χ2n) is 9.28. The summed E-state index contributed by atoms with van der Waals surface area (Å²) in [5.41, 5.74) is 3.75. The SMILES string of the molecule is CC[C@H]1C=CC(=O)O[C@@H]1/C=C/[C@@](O)(CCN)[C@@H](C[C@@H](O)/C=C\C=C/C1CCCCC1)OP(=O)(O)O. The molecule has 0 unspecified atom stereocenters. The average Bonchev–Trinajstić information content (AvgIpc) is 2.80. The molecule has 1 saturated carbocycles. The molecule has 1 aliphatic heterocycles. The number of ether oxygens (including phenoxy) is 1. The lowest BCUT2D eigenvalue weighted by atomic mass is 9.86. The third-order valence-corrected chi connectivity index (χ3v) is 7.03. The Bertz CT molecular complexity index is 829. The van der Waals surface area contributed by atoms with Crippen LogP contribution in [0.25, 0.3) is 0 Å². The molecule has 10 heteroatoms. The van der Waals surface area contributed by atoms with Gasteiger partial charge in [0.05, 0.1) is 6.10 Å². The van der Waals surface area contributed by atoms with Gasteiger partial charge in [-0.3, -0.25) is 4.52 Å². The molecule has 198 valence electrons. The number of rotatable bonds is 13. The summed E-state index contributed by atoms with van der Waals surface area (Å²) in [7, 11) is -5.01. The van der Waals surface area contributed by atoms with Crippen molar-refractivity contribution in [3.05, 3.63) is 48.6 Å². The standard InChI is InChI=1S/C25H40NO8P/c1-2-20-12-13-24(28)33-22(20)14-15-25(29,16-17-26)23(34-35(30,31)32)18-21(27)11-7-6-10-19-8-4-3-5-9-19/h6-7,10-15,19-23,27,29H,2-5,8-9,16-18,26H2,1H3,(H2,30,31,32)/b10-6-,11-7-,15-14+/t20-,21-,22+,23+,25+/m0/s1. The van der Waals surface area contributed by atoms with E-state index in [9.17, 15) is 29.4 Å². The maximum atomic E-state index is 11.7. The zero-order valence-corrected chi connectivity index (χ0v) is 21.2. The topological polar surface area (TPSA) is 160 Å². The number of aliphatic hydroxyl groups excluding tert-OH is 1. The fraction of sp³-hybridized carbons (Fsp3) is 0.640. The third-order valence-electron chi connectivity index (χ3n) is 6.50. The Labute approximate surface area is 207 Å². The molecule has 0 radical (unpaired) electrons. The lowest BCUT2D eigenvalue weighted by molar-refractivity contribution is -0.143. The number of aliphatic hydroxyl groups is 2. The quantitative estimate of drug-likeness (QED) is 0.108. The van der Waals surface area contributed by atoms with Gasteiger partial charge in [0, 0.05) is 18.4 Å². The molecule has 1 aliphatic carbocycles. The Hall–Kier alpha value is -1.58. The first-order valence-electron chi connectivity index (χ1n) is 12.3. The predicted molar refractivity (Wildman–Crippen MR) is 133 cm³/mol. The van der Waals surface area contributed by atoms with Crippen LogP contribution in [-0.2, 0) is 18.6 Å². The molecule has 6 N–H and O–H groups in total. The van der Waals surface area contributed by atoms with Crippen molar-refractivity contribution in [2.24, 2.45) is 17.6 Å². The number of phosphoric acid groups is 1. The first kappa shape index (κ1) is 29.6. The van der Waals surface area contributed by atoms with Gasteiger partial charge in [0.1, 0.15) is 17.8 Å². The zero-order chi connectivity index (χ0) is 25.9. The van der Waals surface area contributed by atoms with E-state index in [1.807, 2.05) is 13.0 Å². The molecule has 0 saturated heterocycles. The first-order valence-corrected chi connectivity index (χ1v) is 13.9. The monoisotopic (exact) mass is 513 g/mol. The first-order chi connectivity index (χ1) is 16.6. The Balaban J connectivity index is 2.16. The summed E-state index contributed by atoms with van der Waals surface area (Å²) in [6.07, 6.45) is 16.0. The van der Waals surface area contributed by atoms with Gasteiger partial charge in [-0.25, -0.2) is 9.36 Å². The molecule has 0 spiro atoms. The molecule has 9 nitrogen and oxygen atoms in total. The molecule has 35 heavy (non-hydrogen) atoms. The molecule has 0 bridgehead atoms. The van der Waals surface area contributed by atoms with E-state index in [0.29, 0.717) is 12.3 Å². The Morgan fingerprint density at radius 1 is 1.26 bits per heavy atom. The van der Waals surface area contributed by atoms with Crippen molar-refractivity contribution in [1.29, 1.82) is 0 Å². The summed E-state index contributed by atoms with van der Waals surface area (Å²) >= 11 is 0. The molecular formula is C25H40NO8P. The zero-order valence-electron chi connectivity index (χ0n) is 20.3. The summed E-state index contributed by atoms with van der Waals surface area (Å²) in [5.74, 6) is -0.111. The Kier molecular flexibility index (Phi) is 12.1. The summed E-state index contributed by atoms with van der Waals surface area (Å²) < 4.78 is 21.9. The van der Waals surface area contributed by atoms with Crippen molar-refractivity contribution in [1.82, 2.24) is 0 Å². The van der Waals surface area contributed by atoms with Crippen molar-refractivity contribution in [3.63, 3.8) is 0 Å². The van der Waals surface area contributed by atoms with Crippen LogP contribution in [-0.4, -0.2) is 56.4 Å². The Morgan fingerprint density at radius 2 is 1.97 bits per heavy atom. The molecule has 1 fully saturated rings. The number of nitrogens with two attached hydrogens (primary N) is 1. The smallest absolute Gasteiger partial charge is 0.454 e. The molecule has 2 aliphatic rings. The highest BCUT2D eigenvalue weighted by Crippen LogP contribution is 2.42. The average molecular weight is 514 g/mol. The molecule has 0 aromatic heterocycles. The van der Waals surface area contributed by atoms with E-state index in [0.717, 1.165) is 12.8 Å². The molecular weight excluding hydrogens is 473 g/mol. The normalized spacial score (nSPS) is 25.8. The van der Waals surface area contributed by atoms with Gasteiger partial charge in [-0.05, 0) is 44.2 Å². The van der Waals surface area contributed by atoms with Gasteiger partial charge < -0.3 is 30.5 Å². The lowest BCUT2D eigenvalue weighted by Gasteiger charge is -2.35. The van der Waals surface area contributed by atoms with Gasteiger partial charge in [-0.1, -0.05) is 62.6 Å². The number of cyclic esters (lactones) is 1. The number of allylic oxidation sites excluding steroid dienone is 3. The van der Waals surface area contributed by atoms with Crippen molar-refractivity contribution >= 4 is 13.8 Å². The van der Waals surface area contributed by atoms with Crippen molar-refractivity contribution < 1.29 is 38.6 Å². The van der Waals surface area contributed by atoms with E-state index in [1.54, 1.807) is 12.2 Å². The van der Waals surface area contributed by atoms with Gasteiger partial charge in [0.2, 0.25) is 0 Å². The minimum absolute atomic E-state index is 0.0144. The van der Waals surface area contributed by atoms with E-state index in [1.165, 1.54) is 43.6 Å². The van der Waals surface area contributed by atoms with Gasteiger partial charge in [0.15, 0.2) is 0 Å². The molecule has 0 amide bonds. The maximum Gasteiger partial charge on any atom is 0.469 e. The third kappa shape index (κ3) is 10.5. The predicted octanol–water partition coefficient (Wildman–Crippen LogP) is 3.05.